The van der Waals surface area contributed by atoms with E-state index in [0.29, 0.717) is 16.2 Å². The van der Waals surface area contributed by atoms with Crippen LogP contribution in [0, 0.1) is 10.6 Å². The molecule has 1 heterocycles. The maximum absolute atomic E-state index is 13.5. The standard InChI is InChI=1S/C14H9Cl2FN2OS/c1-20-8-2-3-12-11(6-8)18-14(21)19(12)7-4-9(15)13(17)10(16)5-7/h2-6H,1H3,(H,18,21). The minimum absolute atomic E-state index is 0.0535. The number of hydrogen-bond donors (Lipinski definition) is 1. The number of nitrogens with zero attached hydrogens (tertiary/aromatic N) is 1. The fourth-order valence-corrected chi connectivity index (χ4v) is 2.93. The van der Waals surface area contributed by atoms with E-state index >= 15 is 0 Å². The summed E-state index contributed by atoms with van der Waals surface area (Å²) in [7, 11) is 1.59. The predicted molar refractivity (Wildman–Crippen MR) is 85.0 cm³/mol. The molecule has 7 heteroatoms. The van der Waals surface area contributed by atoms with Crippen molar-refractivity contribution >= 4 is 46.5 Å². The zero-order valence-electron chi connectivity index (χ0n) is 10.8. The van der Waals surface area contributed by atoms with E-state index < -0.39 is 5.82 Å². The number of imidazole rings is 1. The molecule has 0 spiro atoms. The van der Waals surface area contributed by atoms with Gasteiger partial charge in [-0.25, -0.2) is 4.39 Å². The number of fused-ring (bicyclic) bond motifs is 1. The molecule has 0 aliphatic rings. The van der Waals surface area contributed by atoms with Gasteiger partial charge >= 0.3 is 0 Å². The topological polar surface area (TPSA) is 29.9 Å². The van der Waals surface area contributed by atoms with Gasteiger partial charge in [0.1, 0.15) is 5.75 Å². The molecule has 108 valence electrons. The van der Waals surface area contributed by atoms with Crippen molar-refractivity contribution in [2.45, 2.75) is 0 Å². The lowest BCUT2D eigenvalue weighted by Gasteiger charge is -2.07. The molecule has 1 N–H and O–H groups in total. The van der Waals surface area contributed by atoms with Crippen molar-refractivity contribution in [3.8, 4) is 11.4 Å². The highest BCUT2D eigenvalue weighted by Gasteiger charge is 2.12. The maximum Gasteiger partial charge on any atom is 0.182 e. The number of H-pyrrole nitrogens is 1. The Morgan fingerprint density at radius 3 is 2.48 bits per heavy atom. The van der Waals surface area contributed by atoms with E-state index in [4.69, 9.17) is 40.2 Å². The fraction of sp³-hybridized carbons (Fsp3) is 0.0714. The van der Waals surface area contributed by atoms with Gasteiger partial charge in [-0.15, -0.1) is 0 Å². The molecule has 0 unspecified atom stereocenters. The van der Waals surface area contributed by atoms with Crippen LogP contribution in [-0.2, 0) is 0 Å². The van der Waals surface area contributed by atoms with Crippen LogP contribution in [0.1, 0.15) is 0 Å². The van der Waals surface area contributed by atoms with Crippen LogP contribution < -0.4 is 4.74 Å². The van der Waals surface area contributed by atoms with Crippen molar-refractivity contribution in [2.75, 3.05) is 7.11 Å². The van der Waals surface area contributed by atoms with E-state index in [1.54, 1.807) is 11.7 Å². The summed E-state index contributed by atoms with van der Waals surface area (Å²) in [5, 5.41) is -0.107. The molecule has 3 nitrogen and oxygen atoms in total. The normalized spacial score (nSPS) is 11.0. The van der Waals surface area contributed by atoms with Gasteiger partial charge in [0.15, 0.2) is 10.6 Å². The quantitative estimate of drug-likeness (QED) is 0.516. The third kappa shape index (κ3) is 2.41. The fourth-order valence-electron chi connectivity index (χ4n) is 2.15. The summed E-state index contributed by atoms with van der Waals surface area (Å²) in [5.74, 6) is 0.0659. The average molecular weight is 343 g/mol. The Kier molecular flexibility index (Phi) is 3.65. The predicted octanol–water partition coefficient (Wildman–Crippen LogP) is 5.14. The van der Waals surface area contributed by atoms with E-state index in [2.05, 4.69) is 4.98 Å². The van der Waals surface area contributed by atoms with E-state index in [1.165, 1.54) is 12.1 Å². The molecule has 21 heavy (non-hydrogen) atoms. The number of aromatic nitrogens is 2. The Bertz CT molecular complexity index is 881. The van der Waals surface area contributed by atoms with Crippen LogP contribution in [0.15, 0.2) is 30.3 Å². The molecule has 0 aliphatic carbocycles. The molecule has 3 rings (SSSR count). The molecule has 0 radical (unpaired) electrons. The Hall–Kier alpha value is -1.56. The largest absolute Gasteiger partial charge is 0.497 e. The van der Waals surface area contributed by atoms with E-state index in [9.17, 15) is 4.39 Å². The van der Waals surface area contributed by atoms with E-state index in [0.717, 1.165) is 11.0 Å². The van der Waals surface area contributed by atoms with Crippen LogP contribution in [0.2, 0.25) is 10.0 Å². The van der Waals surface area contributed by atoms with Crippen molar-refractivity contribution in [3.05, 3.63) is 51.0 Å². The summed E-state index contributed by atoms with van der Waals surface area (Å²) in [6.07, 6.45) is 0. The third-order valence-corrected chi connectivity index (χ3v) is 3.95. The van der Waals surface area contributed by atoms with Crippen LogP contribution in [-0.4, -0.2) is 16.7 Å². The van der Waals surface area contributed by atoms with Gasteiger partial charge in [0.05, 0.1) is 33.9 Å². The molecular formula is C14H9Cl2FN2OS. The van der Waals surface area contributed by atoms with Gasteiger partial charge < -0.3 is 9.72 Å². The highest BCUT2D eigenvalue weighted by Crippen LogP contribution is 2.29. The molecule has 2 aromatic carbocycles. The van der Waals surface area contributed by atoms with Crippen molar-refractivity contribution in [1.29, 1.82) is 0 Å². The highest BCUT2D eigenvalue weighted by atomic mass is 35.5. The second-order valence-electron chi connectivity index (χ2n) is 4.37. The lowest BCUT2D eigenvalue weighted by molar-refractivity contribution is 0.415. The Morgan fingerprint density at radius 1 is 1.19 bits per heavy atom. The average Bonchev–Trinajstić information content (AvgIpc) is 2.78. The van der Waals surface area contributed by atoms with Gasteiger partial charge in [-0.3, -0.25) is 4.57 Å². The monoisotopic (exact) mass is 342 g/mol. The summed E-state index contributed by atoms with van der Waals surface area (Å²) in [4.78, 5) is 3.07. The Balaban J connectivity index is 2.30. The highest BCUT2D eigenvalue weighted by molar-refractivity contribution is 7.71. The first kappa shape index (κ1) is 14.4. The SMILES string of the molecule is COc1ccc2c(c1)[nH]c(=S)n2-c1cc(Cl)c(F)c(Cl)c1. The number of benzene rings is 2. The van der Waals surface area contributed by atoms with Crippen LogP contribution in [0.5, 0.6) is 5.75 Å². The lowest BCUT2D eigenvalue weighted by atomic mass is 10.2. The molecule has 1 aromatic heterocycles. The molecule has 0 aliphatic heterocycles. The Labute approximate surface area is 134 Å². The first-order valence-corrected chi connectivity index (χ1v) is 7.11. The minimum Gasteiger partial charge on any atom is -0.497 e. The van der Waals surface area contributed by atoms with Gasteiger partial charge in [0.2, 0.25) is 0 Å². The first-order valence-electron chi connectivity index (χ1n) is 5.95. The molecule has 0 saturated carbocycles. The summed E-state index contributed by atoms with van der Waals surface area (Å²) in [6, 6.07) is 8.46. The smallest absolute Gasteiger partial charge is 0.182 e. The van der Waals surface area contributed by atoms with Gasteiger partial charge in [-0.2, -0.15) is 0 Å². The summed E-state index contributed by atoms with van der Waals surface area (Å²) < 4.78 is 20.9. The molecule has 0 bridgehead atoms. The first-order chi connectivity index (χ1) is 10.0. The molecule has 0 fully saturated rings. The second kappa shape index (κ2) is 5.33. The number of nitrogens with one attached hydrogen (secondary N) is 1. The molecule has 0 saturated heterocycles. The van der Waals surface area contributed by atoms with Crippen LogP contribution in [0.4, 0.5) is 4.39 Å². The molecule has 0 amide bonds. The zero-order chi connectivity index (χ0) is 15.1. The summed E-state index contributed by atoms with van der Waals surface area (Å²) in [5.41, 5.74) is 2.21. The van der Waals surface area contributed by atoms with Crippen LogP contribution in [0.3, 0.4) is 0 Å². The van der Waals surface area contributed by atoms with Gasteiger partial charge in [0.25, 0.3) is 0 Å². The zero-order valence-corrected chi connectivity index (χ0v) is 13.1. The van der Waals surface area contributed by atoms with E-state index in [-0.39, 0.29) is 10.0 Å². The lowest BCUT2D eigenvalue weighted by Crippen LogP contribution is -1.95. The van der Waals surface area contributed by atoms with Gasteiger partial charge in [-0.05, 0) is 36.5 Å². The maximum atomic E-state index is 13.5. The number of methoxy groups -OCH3 is 1. The molecule has 0 atom stereocenters. The number of ether oxygens (including phenoxy) is 1. The molecule has 3 aromatic rings. The van der Waals surface area contributed by atoms with Crippen LogP contribution >= 0.6 is 35.4 Å². The van der Waals surface area contributed by atoms with Crippen molar-refractivity contribution < 1.29 is 9.13 Å². The number of aromatic amines is 1. The van der Waals surface area contributed by atoms with E-state index in [1.807, 2.05) is 18.2 Å². The Morgan fingerprint density at radius 2 is 1.86 bits per heavy atom. The number of rotatable bonds is 2. The minimum atomic E-state index is -0.643. The van der Waals surface area contributed by atoms with Crippen molar-refractivity contribution in [2.24, 2.45) is 0 Å². The number of hydrogen-bond acceptors (Lipinski definition) is 2. The van der Waals surface area contributed by atoms with Crippen molar-refractivity contribution in [1.82, 2.24) is 9.55 Å². The van der Waals surface area contributed by atoms with Gasteiger partial charge in [-0.1, -0.05) is 23.2 Å². The van der Waals surface area contributed by atoms with Crippen molar-refractivity contribution in [3.63, 3.8) is 0 Å². The van der Waals surface area contributed by atoms with Gasteiger partial charge in [0, 0.05) is 6.07 Å². The van der Waals surface area contributed by atoms with Crippen LogP contribution in [0.25, 0.3) is 16.7 Å². The number of halogens is 3. The summed E-state index contributed by atoms with van der Waals surface area (Å²) >= 11 is 17.0. The second-order valence-corrected chi connectivity index (χ2v) is 5.57. The molecular weight excluding hydrogens is 334 g/mol. The third-order valence-electron chi connectivity index (χ3n) is 3.12. The summed E-state index contributed by atoms with van der Waals surface area (Å²) in [6.45, 7) is 0.